The van der Waals surface area contributed by atoms with Crippen LogP contribution in [0.1, 0.15) is 55.7 Å². The highest BCUT2D eigenvalue weighted by Gasteiger charge is 2.35. The maximum Gasteiger partial charge on any atom is 0.318 e. The third-order valence-corrected chi connectivity index (χ3v) is 5.48. The number of hydrogen-bond donors (Lipinski definition) is 3. The van der Waals surface area contributed by atoms with E-state index < -0.39 is 0 Å². The van der Waals surface area contributed by atoms with Crippen LogP contribution in [0.5, 0.6) is 0 Å². The van der Waals surface area contributed by atoms with Crippen LogP contribution in [0.2, 0.25) is 0 Å². The molecule has 2 aliphatic carbocycles. The number of amides is 4. The van der Waals surface area contributed by atoms with Crippen LogP contribution in [0.25, 0.3) is 0 Å². The van der Waals surface area contributed by atoms with Gasteiger partial charge in [0, 0.05) is 30.3 Å². The third kappa shape index (κ3) is 4.07. The normalized spacial score (nSPS) is 21.0. The number of carbonyl (C=O) groups excluding carboxylic acids is 3. The van der Waals surface area contributed by atoms with Gasteiger partial charge in [-0.05, 0) is 50.2 Å². The molecule has 1 heterocycles. The number of nitrogens with zero attached hydrogens (tertiary/aromatic N) is 1. The Bertz CT molecular complexity index is 760. The third-order valence-electron chi connectivity index (χ3n) is 5.48. The fourth-order valence-corrected chi connectivity index (χ4v) is 4.02. The molecule has 1 unspecified atom stereocenters. The predicted octanol–water partition coefficient (Wildman–Crippen LogP) is 2.09. The minimum Gasteiger partial charge on any atom is -0.353 e. The van der Waals surface area contributed by atoms with Gasteiger partial charge in [0.25, 0.3) is 0 Å². The summed E-state index contributed by atoms with van der Waals surface area (Å²) in [6.07, 6.45) is 5.98. The summed E-state index contributed by atoms with van der Waals surface area (Å²) in [6.45, 7) is 0.475. The van der Waals surface area contributed by atoms with Crippen LogP contribution in [-0.2, 0) is 16.0 Å². The lowest BCUT2D eigenvalue weighted by Crippen LogP contribution is -2.45. The first kappa shape index (κ1) is 17.8. The molecule has 1 aromatic rings. The second kappa shape index (κ2) is 7.58. The summed E-state index contributed by atoms with van der Waals surface area (Å²) < 4.78 is 0. The molecule has 4 rings (SSSR count). The van der Waals surface area contributed by atoms with Gasteiger partial charge in [-0.3, -0.25) is 9.59 Å². The Morgan fingerprint density at radius 1 is 1.22 bits per heavy atom. The van der Waals surface area contributed by atoms with Crippen molar-refractivity contribution in [1.29, 1.82) is 0 Å². The Morgan fingerprint density at radius 3 is 2.89 bits per heavy atom. The molecular weight excluding hydrogens is 344 g/mol. The number of carbonyl (C=O) groups is 3. The molecular formula is C20H26N4O3. The molecule has 0 radical (unpaired) electrons. The first-order valence-electron chi connectivity index (χ1n) is 9.87. The zero-order valence-corrected chi connectivity index (χ0v) is 15.4. The van der Waals surface area contributed by atoms with Crippen molar-refractivity contribution >= 4 is 23.5 Å². The largest absolute Gasteiger partial charge is 0.353 e. The van der Waals surface area contributed by atoms with E-state index in [9.17, 15) is 14.4 Å². The van der Waals surface area contributed by atoms with Gasteiger partial charge in [-0.25, -0.2) is 4.79 Å². The first-order valence-corrected chi connectivity index (χ1v) is 9.87. The van der Waals surface area contributed by atoms with Gasteiger partial charge in [0.1, 0.15) is 6.54 Å². The van der Waals surface area contributed by atoms with Crippen molar-refractivity contribution in [2.45, 2.75) is 57.0 Å². The summed E-state index contributed by atoms with van der Waals surface area (Å²) >= 11 is 0. The summed E-state index contributed by atoms with van der Waals surface area (Å²) in [7, 11) is 0. The van der Waals surface area contributed by atoms with E-state index >= 15 is 0 Å². The average molecular weight is 370 g/mol. The van der Waals surface area contributed by atoms with Gasteiger partial charge in [-0.1, -0.05) is 12.1 Å². The molecule has 27 heavy (non-hydrogen) atoms. The molecule has 7 nitrogen and oxygen atoms in total. The van der Waals surface area contributed by atoms with E-state index in [1.54, 1.807) is 4.90 Å². The molecule has 1 atom stereocenters. The second-order valence-corrected chi connectivity index (χ2v) is 7.64. The highest BCUT2D eigenvalue weighted by Crippen LogP contribution is 2.40. The molecule has 3 N–H and O–H groups in total. The van der Waals surface area contributed by atoms with Gasteiger partial charge in [-0.15, -0.1) is 0 Å². The van der Waals surface area contributed by atoms with Crippen LogP contribution in [0.4, 0.5) is 10.5 Å². The number of nitrogens with one attached hydrogen (secondary N) is 3. The Hall–Kier alpha value is -2.57. The van der Waals surface area contributed by atoms with E-state index in [0.29, 0.717) is 25.4 Å². The zero-order valence-electron chi connectivity index (χ0n) is 15.4. The Balaban J connectivity index is 1.38. The van der Waals surface area contributed by atoms with Crippen molar-refractivity contribution in [2.24, 2.45) is 0 Å². The van der Waals surface area contributed by atoms with E-state index in [0.717, 1.165) is 43.4 Å². The van der Waals surface area contributed by atoms with Gasteiger partial charge in [0.05, 0.1) is 6.04 Å². The number of anilines is 1. The predicted molar refractivity (Wildman–Crippen MR) is 101 cm³/mol. The fourth-order valence-electron chi connectivity index (χ4n) is 4.02. The van der Waals surface area contributed by atoms with Crippen molar-refractivity contribution in [1.82, 2.24) is 15.5 Å². The highest BCUT2D eigenvalue weighted by atomic mass is 16.2. The Kier molecular flexibility index (Phi) is 5.01. The minimum atomic E-state index is -0.234. The first-order chi connectivity index (χ1) is 13.1. The van der Waals surface area contributed by atoms with Crippen LogP contribution in [0.3, 0.4) is 0 Å². The van der Waals surface area contributed by atoms with Crippen LogP contribution < -0.4 is 16.0 Å². The van der Waals surface area contributed by atoms with Crippen LogP contribution in [-0.4, -0.2) is 41.9 Å². The van der Waals surface area contributed by atoms with Crippen LogP contribution in [0, 0.1) is 0 Å². The number of hydrogen-bond acceptors (Lipinski definition) is 3. The molecule has 1 aromatic carbocycles. The van der Waals surface area contributed by atoms with Crippen molar-refractivity contribution in [3.8, 4) is 0 Å². The van der Waals surface area contributed by atoms with E-state index in [1.165, 1.54) is 5.56 Å². The summed E-state index contributed by atoms with van der Waals surface area (Å²) in [5.41, 5.74) is 3.11. The lowest BCUT2D eigenvalue weighted by Gasteiger charge is -2.34. The molecule has 1 fully saturated rings. The van der Waals surface area contributed by atoms with Gasteiger partial charge in [0.15, 0.2) is 0 Å². The van der Waals surface area contributed by atoms with Gasteiger partial charge in [-0.2, -0.15) is 0 Å². The van der Waals surface area contributed by atoms with Gasteiger partial charge >= 0.3 is 6.03 Å². The molecule has 1 aliphatic heterocycles. The van der Waals surface area contributed by atoms with Crippen LogP contribution >= 0.6 is 0 Å². The van der Waals surface area contributed by atoms with Gasteiger partial charge < -0.3 is 20.9 Å². The molecule has 0 spiro atoms. The maximum absolute atomic E-state index is 12.8. The smallest absolute Gasteiger partial charge is 0.318 e. The monoisotopic (exact) mass is 370 g/mol. The summed E-state index contributed by atoms with van der Waals surface area (Å²) in [6, 6.07) is 6.00. The fraction of sp³-hybridized carbons (Fsp3) is 0.550. The second-order valence-electron chi connectivity index (χ2n) is 7.64. The lowest BCUT2D eigenvalue weighted by atomic mass is 9.86. The molecule has 1 saturated carbocycles. The number of rotatable bonds is 5. The average Bonchev–Trinajstić information content (AvgIpc) is 3.47. The van der Waals surface area contributed by atoms with Crippen molar-refractivity contribution in [3.63, 3.8) is 0 Å². The molecule has 7 heteroatoms. The van der Waals surface area contributed by atoms with E-state index in [-0.39, 0.29) is 30.4 Å². The van der Waals surface area contributed by atoms with Gasteiger partial charge in [0.2, 0.25) is 11.8 Å². The van der Waals surface area contributed by atoms with Crippen LogP contribution in [0.15, 0.2) is 18.2 Å². The Morgan fingerprint density at radius 2 is 2.07 bits per heavy atom. The zero-order chi connectivity index (χ0) is 18.8. The van der Waals surface area contributed by atoms with Crippen molar-refractivity contribution in [2.75, 3.05) is 18.4 Å². The summed E-state index contributed by atoms with van der Waals surface area (Å²) in [4.78, 5) is 38.4. The topological polar surface area (TPSA) is 90.5 Å². The number of aryl methyl sites for hydroxylation is 1. The van der Waals surface area contributed by atoms with Crippen molar-refractivity contribution in [3.05, 3.63) is 29.3 Å². The maximum atomic E-state index is 12.8. The Labute approximate surface area is 158 Å². The number of urea groups is 1. The molecule has 4 amide bonds. The molecule has 0 aromatic heterocycles. The standard InChI is InChI=1S/C20H26N4O3/c25-17(22-14-9-10-14)8-3-11-21-20(27)24-12-18(26)23-15-6-1-4-13-5-2-7-16(24)19(13)15/h1,4,6,14,16H,2-3,5,7-12H2,(H,21,27)(H,22,25)(H,23,26). The highest BCUT2D eigenvalue weighted by molar-refractivity contribution is 5.96. The summed E-state index contributed by atoms with van der Waals surface area (Å²) in [5, 5.41) is 8.78. The lowest BCUT2D eigenvalue weighted by molar-refractivity contribution is -0.121. The van der Waals surface area contributed by atoms with Crippen molar-refractivity contribution < 1.29 is 14.4 Å². The number of benzene rings is 1. The quantitative estimate of drug-likeness (QED) is 0.693. The van der Waals surface area contributed by atoms with E-state index in [4.69, 9.17) is 0 Å². The summed E-state index contributed by atoms with van der Waals surface area (Å²) in [5.74, 6) is -0.122. The minimum absolute atomic E-state index is 0.0479. The van der Waals surface area contributed by atoms with E-state index in [1.807, 2.05) is 12.1 Å². The SMILES string of the molecule is O=C1CN(C(=O)NCCCC(=O)NC2CC2)C2CCCc3cccc(c32)N1. The molecule has 3 aliphatic rings. The molecule has 144 valence electrons. The van der Waals surface area contributed by atoms with E-state index in [2.05, 4.69) is 22.0 Å². The molecule has 0 saturated heterocycles. The molecule has 0 bridgehead atoms.